The molecule has 3 aromatic carbocycles. The Hall–Kier alpha value is -3.14. The van der Waals surface area contributed by atoms with E-state index in [1.165, 1.54) is 5.56 Å². The van der Waals surface area contributed by atoms with Gasteiger partial charge in [0, 0.05) is 6.54 Å². The molecule has 0 aliphatic heterocycles. The molecule has 25 heavy (non-hydrogen) atoms. The smallest absolute Gasteiger partial charge is 0.339 e. The lowest BCUT2D eigenvalue weighted by molar-refractivity contribution is -0.124. The molecule has 0 aliphatic rings. The Morgan fingerprint density at radius 3 is 2.44 bits per heavy atom. The Balaban J connectivity index is 1.56. The van der Waals surface area contributed by atoms with Crippen LogP contribution in [0.4, 0.5) is 0 Å². The van der Waals surface area contributed by atoms with Crippen LogP contribution in [0, 0.1) is 6.92 Å². The van der Waals surface area contributed by atoms with Crippen molar-refractivity contribution in [3.63, 3.8) is 0 Å². The highest BCUT2D eigenvalue weighted by molar-refractivity contribution is 6.04. The predicted octanol–water partition coefficient (Wildman–Crippen LogP) is 3.62. The highest BCUT2D eigenvalue weighted by Crippen LogP contribution is 2.19. The van der Waals surface area contributed by atoms with E-state index in [2.05, 4.69) is 5.32 Å². The number of hydrogen-bond donors (Lipinski definition) is 1. The molecule has 0 saturated heterocycles. The van der Waals surface area contributed by atoms with Gasteiger partial charge >= 0.3 is 5.97 Å². The largest absolute Gasteiger partial charge is 0.452 e. The Kier molecular flexibility index (Phi) is 5.09. The molecule has 0 atom stereocenters. The van der Waals surface area contributed by atoms with Gasteiger partial charge in [-0.3, -0.25) is 4.79 Å². The van der Waals surface area contributed by atoms with Crippen LogP contribution in [0.1, 0.15) is 21.5 Å². The minimum Gasteiger partial charge on any atom is -0.452 e. The topological polar surface area (TPSA) is 55.4 Å². The summed E-state index contributed by atoms with van der Waals surface area (Å²) in [5.41, 5.74) is 2.63. The van der Waals surface area contributed by atoms with Crippen LogP contribution in [-0.4, -0.2) is 18.5 Å². The van der Waals surface area contributed by atoms with Gasteiger partial charge in [0.2, 0.25) is 0 Å². The summed E-state index contributed by atoms with van der Waals surface area (Å²) in [5, 5.41) is 4.52. The lowest BCUT2D eigenvalue weighted by Crippen LogP contribution is -2.28. The molecule has 0 spiro atoms. The number of aryl methyl sites for hydroxylation is 1. The molecule has 0 aliphatic carbocycles. The van der Waals surface area contributed by atoms with E-state index in [1.54, 1.807) is 12.1 Å². The lowest BCUT2D eigenvalue weighted by Gasteiger charge is -2.08. The summed E-state index contributed by atoms with van der Waals surface area (Å²) >= 11 is 0. The number of carbonyl (C=O) groups excluding carboxylic acids is 2. The molecule has 0 heterocycles. The molecule has 0 aromatic heterocycles. The number of esters is 1. The van der Waals surface area contributed by atoms with Crippen LogP contribution in [0.2, 0.25) is 0 Å². The number of fused-ring (bicyclic) bond motifs is 1. The molecule has 0 fully saturated rings. The third kappa shape index (κ3) is 4.23. The first kappa shape index (κ1) is 16.7. The highest BCUT2D eigenvalue weighted by Gasteiger charge is 2.13. The monoisotopic (exact) mass is 333 g/mol. The van der Waals surface area contributed by atoms with Crippen LogP contribution in [0.5, 0.6) is 0 Å². The summed E-state index contributed by atoms with van der Waals surface area (Å²) in [6, 6.07) is 20.9. The standard InChI is InChI=1S/C21H19NO3/c1-15-9-11-16(12-10-15)13-22-20(23)14-25-21(24)19-8-4-6-17-5-2-3-7-18(17)19/h2-12H,13-14H2,1H3,(H,22,23). The van der Waals surface area contributed by atoms with Crippen LogP contribution in [-0.2, 0) is 16.1 Å². The first-order valence-electron chi connectivity index (χ1n) is 8.10. The zero-order valence-corrected chi connectivity index (χ0v) is 14.0. The van der Waals surface area contributed by atoms with Crippen molar-refractivity contribution in [2.75, 3.05) is 6.61 Å². The fraction of sp³-hybridized carbons (Fsp3) is 0.143. The number of carbonyl (C=O) groups is 2. The second-order valence-electron chi connectivity index (χ2n) is 5.87. The van der Waals surface area contributed by atoms with Gasteiger partial charge in [0.05, 0.1) is 5.56 Å². The third-order valence-electron chi connectivity index (χ3n) is 3.95. The Morgan fingerprint density at radius 1 is 0.920 bits per heavy atom. The van der Waals surface area contributed by atoms with Crippen LogP contribution in [0.25, 0.3) is 10.8 Å². The zero-order valence-electron chi connectivity index (χ0n) is 14.0. The number of nitrogens with one attached hydrogen (secondary N) is 1. The second-order valence-corrected chi connectivity index (χ2v) is 5.87. The number of rotatable bonds is 5. The van der Waals surface area contributed by atoms with Gasteiger partial charge in [-0.1, -0.05) is 66.2 Å². The number of amides is 1. The van der Waals surface area contributed by atoms with Gasteiger partial charge in [-0.2, -0.15) is 0 Å². The molecule has 0 saturated carbocycles. The third-order valence-corrected chi connectivity index (χ3v) is 3.95. The van der Waals surface area contributed by atoms with Gasteiger partial charge in [0.1, 0.15) is 0 Å². The van der Waals surface area contributed by atoms with E-state index in [-0.39, 0.29) is 12.5 Å². The Labute approximate surface area is 146 Å². The molecule has 1 amide bonds. The average Bonchev–Trinajstić information content (AvgIpc) is 2.65. The number of hydrogen-bond acceptors (Lipinski definition) is 3. The molecule has 4 heteroatoms. The van der Waals surface area contributed by atoms with Gasteiger partial charge in [-0.25, -0.2) is 4.79 Å². The molecule has 0 bridgehead atoms. The molecule has 4 nitrogen and oxygen atoms in total. The molecule has 1 N–H and O–H groups in total. The summed E-state index contributed by atoms with van der Waals surface area (Å²) < 4.78 is 5.15. The van der Waals surface area contributed by atoms with Crippen molar-refractivity contribution >= 4 is 22.6 Å². The highest BCUT2D eigenvalue weighted by atomic mass is 16.5. The molecular formula is C21H19NO3. The lowest BCUT2D eigenvalue weighted by atomic mass is 10.1. The van der Waals surface area contributed by atoms with Crippen molar-refractivity contribution < 1.29 is 14.3 Å². The summed E-state index contributed by atoms with van der Waals surface area (Å²) in [4.78, 5) is 24.2. The zero-order chi connectivity index (χ0) is 17.6. The molecule has 3 aromatic rings. The van der Waals surface area contributed by atoms with E-state index < -0.39 is 5.97 Å². The Morgan fingerprint density at radius 2 is 1.64 bits per heavy atom. The number of benzene rings is 3. The van der Waals surface area contributed by atoms with E-state index in [0.717, 1.165) is 16.3 Å². The van der Waals surface area contributed by atoms with Crippen molar-refractivity contribution in [2.24, 2.45) is 0 Å². The minimum absolute atomic E-state index is 0.298. The SMILES string of the molecule is Cc1ccc(CNC(=O)COC(=O)c2cccc3ccccc23)cc1. The van der Waals surface area contributed by atoms with Gasteiger partial charge in [-0.15, -0.1) is 0 Å². The van der Waals surface area contributed by atoms with Crippen molar-refractivity contribution in [2.45, 2.75) is 13.5 Å². The van der Waals surface area contributed by atoms with Gasteiger partial charge in [0.25, 0.3) is 5.91 Å². The van der Waals surface area contributed by atoms with Crippen LogP contribution in [0.3, 0.4) is 0 Å². The molecule has 3 rings (SSSR count). The summed E-state index contributed by atoms with van der Waals surface area (Å²) in [7, 11) is 0. The summed E-state index contributed by atoms with van der Waals surface area (Å²) in [5.74, 6) is -0.823. The predicted molar refractivity (Wildman–Crippen MR) is 97.3 cm³/mol. The van der Waals surface area contributed by atoms with E-state index in [0.29, 0.717) is 12.1 Å². The fourth-order valence-electron chi connectivity index (χ4n) is 2.57. The maximum Gasteiger partial charge on any atom is 0.339 e. The number of ether oxygens (including phenoxy) is 1. The summed E-state index contributed by atoms with van der Waals surface area (Å²) in [6.45, 7) is 2.12. The first-order chi connectivity index (χ1) is 12.1. The fourth-order valence-corrected chi connectivity index (χ4v) is 2.57. The maximum atomic E-state index is 12.3. The van der Waals surface area contributed by atoms with Crippen LogP contribution < -0.4 is 5.32 Å². The van der Waals surface area contributed by atoms with Crippen molar-refractivity contribution in [1.29, 1.82) is 0 Å². The second kappa shape index (κ2) is 7.62. The van der Waals surface area contributed by atoms with Crippen molar-refractivity contribution in [1.82, 2.24) is 5.32 Å². The summed E-state index contributed by atoms with van der Waals surface area (Å²) in [6.07, 6.45) is 0. The maximum absolute atomic E-state index is 12.3. The quantitative estimate of drug-likeness (QED) is 0.726. The van der Waals surface area contributed by atoms with Gasteiger partial charge in [-0.05, 0) is 29.3 Å². The average molecular weight is 333 g/mol. The van der Waals surface area contributed by atoms with E-state index >= 15 is 0 Å². The first-order valence-corrected chi connectivity index (χ1v) is 8.10. The van der Waals surface area contributed by atoms with E-state index in [1.807, 2.05) is 61.5 Å². The molecule has 0 radical (unpaired) electrons. The van der Waals surface area contributed by atoms with Crippen molar-refractivity contribution in [3.05, 3.63) is 83.4 Å². The van der Waals surface area contributed by atoms with Crippen LogP contribution >= 0.6 is 0 Å². The van der Waals surface area contributed by atoms with Gasteiger partial charge < -0.3 is 10.1 Å². The molecule has 0 unspecified atom stereocenters. The van der Waals surface area contributed by atoms with Crippen LogP contribution in [0.15, 0.2) is 66.7 Å². The van der Waals surface area contributed by atoms with E-state index in [9.17, 15) is 9.59 Å². The Bertz CT molecular complexity index is 895. The molecular weight excluding hydrogens is 314 g/mol. The van der Waals surface area contributed by atoms with Crippen molar-refractivity contribution in [3.8, 4) is 0 Å². The van der Waals surface area contributed by atoms with E-state index in [4.69, 9.17) is 4.74 Å². The normalized spacial score (nSPS) is 10.4. The minimum atomic E-state index is -0.498. The van der Waals surface area contributed by atoms with Gasteiger partial charge in [0.15, 0.2) is 6.61 Å². The molecule has 126 valence electrons.